The SMILES string of the molecule is CC(C)c1nc2c(c3c1C(c1ccc(S(F)(F)(F)(F)F)cc1)OC31CCOCC1I)C(O[Si](C)(C)C(C)(C)C)CC(C)(C)C2. The summed E-state index contributed by atoms with van der Waals surface area (Å²) in [5.74, 6) is -0.0171. The van der Waals surface area contributed by atoms with Crippen molar-refractivity contribution in [3.8, 4) is 0 Å². The average Bonchev–Trinajstić information content (AvgIpc) is 3.18. The van der Waals surface area contributed by atoms with Crippen molar-refractivity contribution in [3.05, 3.63) is 57.9 Å². The van der Waals surface area contributed by atoms with Gasteiger partial charge in [-0.2, -0.15) is 0 Å². The molecule has 44 heavy (non-hydrogen) atoms. The maximum absolute atomic E-state index is 13.6. The molecule has 1 aromatic heterocycles. The van der Waals surface area contributed by atoms with Gasteiger partial charge < -0.3 is 13.9 Å². The number of nitrogens with zero attached hydrogens (tertiary/aromatic N) is 1. The number of ether oxygens (including phenoxy) is 2. The number of pyridine rings is 1. The van der Waals surface area contributed by atoms with Crippen LogP contribution in [0.4, 0.5) is 19.4 Å². The van der Waals surface area contributed by atoms with E-state index < -0.39 is 35.1 Å². The van der Waals surface area contributed by atoms with Crippen LogP contribution in [-0.4, -0.2) is 30.4 Å². The molecule has 4 atom stereocenters. The molecule has 1 aliphatic carbocycles. The first-order valence-corrected chi connectivity index (χ1v) is 21.4. The van der Waals surface area contributed by atoms with Crippen LogP contribution in [0.1, 0.15) is 113 Å². The minimum atomic E-state index is -9.83. The zero-order valence-electron chi connectivity index (χ0n) is 27.0. The monoisotopic (exact) mass is 773 g/mol. The summed E-state index contributed by atoms with van der Waals surface area (Å²) in [5.41, 5.74) is 4.25. The van der Waals surface area contributed by atoms with Gasteiger partial charge in [0.05, 0.1) is 16.6 Å². The Bertz CT molecular complexity index is 1460. The van der Waals surface area contributed by atoms with Crippen molar-refractivity contribution >= 4 is 41.1 Å². The fourth-order valence-electron chi connectivity index (χ4n) is 6.67. The Hall–Kier alpha value is -0.803. The van der Waals surface area contributed by atoms with Crippen LogP contribution in [-0.2, 0) is 25.9 Å². The predicted molar refractivity (Wildman–Crippen MR) is 177 cm³/mol. The Morgan fingerprint density at radius 1 is 1.05 bits per heavy atom. The molecular formula is C32H45F5INO3SSi. The van der Waals surface area contributed by atoms with E-state index in [-0.39, 0.29) is 26.4 Å². The second-order valence-corrected chi connectivity index (χ2v) is 24.1. The Morgan fingerprint density at radius 2 is 1.66 bits per heavy atom. The molecule has 5 rings (SSSR count). The molecule has 1 spiro atoms. The molecule has 4 nitrogen and oxygen atoms in total. The van der Waals surface area contributed by atoms with E-state index in [1.54, 1.807) is 0 Å². The molecule has 248 valence electrons. The summed E-state index contributed by atoms with van der Waals surface area (Å²) in [6.07, 6.45) is 1.10. The van der Waals surface area contributed by atoms with Gasteiger partial charge in [0, 0.05) is 41.1 Å². The van der Waals surface area contributed by atoms with Gasteiger partial charge in [-0.3, -0.25) is 4.98 Å². The Kier molecular flexibility index (Phi) is 7.93. The first-order valence-electron chi connectivity index (χ1n) is 15.2. The van der Waals surface area contributed by atoms with Gasteiger partial charge in [0.15, 0.2) is 8.32 Å². The highest BCUT2D eigenvalue weighted by Gasteiger charge is 2.65. The van der Waals surface area contributed by atoms with Gasteiger partial charge in [-0.1, -0.05) is 103 Å². The van der Waals surface area contributed by atoms with Crippen LogP contribution in [0, 0.1) is 5.41 Å². The number of hydrogen-bond acceptors (Lipinski definition) is 4. The second kappa shape index (κ2) is 10.1. The van der Waals surface area contributed by atoms with E-state index in [9.17, 15) is 19.4 Å². The first kappa shape index (κ1) is 34.5. The third kappa shape index (κ3) is 6.13. The summed E-state index contributed by atoms with van der Waals surface area (Å²) in [4.78, 5) is 3.40. The van der Waals surface area contributed by atoms with Crippen LogP contribution in [0.15, 0.2) is 29.2 Å². The lowest BCUT2D eigenvalue weighted by Gasteiger charge is -2.47. The van der Waals surface area contributed by atoms with Gasteiger partial charge in [0.2, 0.25) is 0 Å². The van der Waals surface area contributed by atoms with Crippen molar-refractivity contribution in [3.63, 3.8) is 0 Å². The standard InChI is InChI=1S/C32H45F5INO3SSi/c1-19(2)28-26-27(25-22(39-28)16-31(6,7)17-23(25)42-44(8,9)30(3,4)5)32(14-15-40-18-24(32)38)41-29(26)20-10-12-21(13-11-20)43(33,34,35,36)37/h10-13,19,23-24,29H,14-18H2,1-9H3. The Labute approximate surface area is 273 Å². The summed E-state index contributed by atoms with van der Waals surface area (Å²) in [6, 6.07) is 3.25. The molecule has 0 saturated carbocycles. The van der Waals surface area contributed by atoms with Gasteiger partial charge in [0.25, 0.3) is 0 Å². The third-order valence-corrected chi connectivity index (χ3v) is 16.9. The quantitative estimate of drug-likeness (QED) is 0.131. The molecular weight excluding hydrogens is 728 g/mol. The van der Waals surface area contributed by atoms with E-state index in [0.717, 1.165) is 53.1 Å². The molecule has 0 amide bonds. The molecule has 0 radical (unpaired) electrons. The molecule has 1 aromatic carbocycles. The van der Waals surface area contributed by atoms with Crippen molar-refractivity contribution in [1.29, 1.82) is 0 Å². The maximum atomic E-state index is 13.6. The minimum Gasteiger partial charge on any atom is -0.410 e. The van der Waals surface area contributed by atoms with Gasteiger partial charge in [-0.25, -0.2) is 0 Å². The van der Waals surface area contributed by atoms with E-state index in [4.69, 9.17) is 18.9 Å². The number of aromatic nitrogens is 1. The van der Waals surface area contributed by atoms with Crippen LogP contribution in [0.5, 0.6) is 0 Å². The third-order valence-electron chi connectivity index (χ3n) is 9.91. The predicted octanol–water partition coefficient (Wildman–Crippen LogP) is 11.4. The van der Waals surface area contributed by atoms with Gasteiger partial charge >= 0.3 is 10.2 Å². The molecule has 3 heterocycles. The number of rotatable bonds is 5. The lowest BCUT2D eigenvalue weighted by atomic mass is 9.70. The van der Waals surface area contributed by atoms with Crippen LogP contribution in [0.3, 0.4) is 0 Å². The van der Waals surface area contributed by atoms with E-state index in [2.05, 4.69) is 84.2 Å². The Morgan fingerprint density at radius 3 is 2.18 bits per heavy atom. The molecule has 0 N–H and O–H groups in total. The zero-order chi connectivity index (χ0) is 33.0. The zero-order valence-corrected chi connectivity index (χ0v) is 31.0. The molecule has 0 bridgehead atoms. The number of halogens is 6. The first-order chi connectivity index (χ1) is 19.8. The summed E-state index contributed by atoms with van der Waals surface area (Å²) >= 11 is 2.37. The van der Waals surface area contributed by atoms with Crippen LogP contribution < -0.4 is 0 Å². The highest BCUT2D eigenvalue weighted by molar-refractivity contribution is 14.1. The van der Waals surface area contributed by atoms with Crippen molar-refractivity contribution in [2.24, 2.45) is 5.41 Å². The normalized spacial score (nSPS) is 28.9. The summed E-state index contributed by atoms with van der Waals surface area (Å²) in [5, 5.41) is -0.0327. The van der Waals surface area contributed by atoms with Crippen LogP contribution >= 0.6 is 32.8 Å². The van der Waals surface area contributed by atoms with Gasteiger partial charge in [0.1, 0.15) is 16.6 Å². The average molecular weight is 774 g/mol. The van der Waals surface area contributed by atoms with Gasteiger partial charge in [-0.05, 0) is 60.0 Å². The van der Waals surface area contributed by atoms with Crippen molar-refractivity contribution in [2.75, 3.05) is 13.2 Å². The minimum absolute atomic E-state index is 0.0171. The fraction of sp³-hybridized carbons (Fsp3) is 0.656. The lowest BCUT2D eigenvalue weighted by molar-refractivity contribution is -0.113. The maximum Gasteiger partial charge on any atom is 0.310 e. The van der Waals surface area contributed by atoms with Crippen LogP contribution in [0.2, 0.25) is 18.1 Å². The molecule has 2 aromatic rings. The fourth-order valence-corrected chi connectivity index (χ4v) is 9.61. The lowest BCUT2D eigenvalue weighted by Crippen LogP contribution is -2.47. The van der Waals surface area contributed by atoms with Gasteiger partial charge in [-0.15, -0.1) is 0 Å². The largest absolute Gasteiger partial charge is 0.410 e. The van der Waals surface area contributed by atoms with Crippen LogP contribution in [0.25, 0.3) is 0 Å². The highest BCUT2D eigenvalue weighted by Crippen LogP contribution is 3.02. The molecule has 4 unspecified atom stereocenters. The van der Waals surface area contributed by atoms with E-state index in [1.165, 1.54) is 0 Å². The number of fused-ring (bicyclic) bond motifs is 4. The molecule has 3 aliphatic rings. The van der Waals surface area contributed by atoms with Crippen molar-refractivity contribution in [1.82, 2.24) is 4.98 Å². The molecule has 12 heteroatoms. The van der Waals surface area contributed by atoms with Crippen molar-refractivity contribution < 1.29 is 33.3 Å². The van der Waals surface area contributed by atoms with E-state index in [1.807, 2.05) is 0 Å². The van der Waals surface area contributed by atoms with Crippen molar-refractivity contribution in [2.45, 2.75) is 118 Å². The summed E-state index contributed by atoms with van der Waals surface area (Å²) < 4.78 is 88.3. The number of benzene rings is 1. The van der Waals surface area contributed by atoms with E-state index >= 15 is 0 Å². The molecule has 1 saturated heterocycles. The van der Waals surface area contributed by atoms with E-state index in [0.29, 0.717) is 37.3 Å². The highest BCUT2D eigenvalue weighted by atomic mass is 127. The molecule has 1 fully saturated rings. The topological polar surface area (TPSA) is 40.6 Å². The molecule has 2 aliphatic heterocycles. The number of alkyl halides is 1. The summed E-state index contributed by atoms with van der Waals surface area (Å²) in [6.45, 7) is 20.6. The summed E-state index contributed by atoms with van der Waals surface area (Å²) in [7, 11) is -12.1. The second-order valence-electron chi connectivity index (χ2n) is 15.4. The Balaban J connectivity index is 1.79. The number of hydrogen-bond donors (Lipinski definition) is 0. The smallest absolute Gasteiger partial charge is 0.310 e.